The molecule has 0 spiro atoms. The number of ether oxygens (including phenoxy) is 1. The average molecular weight is 388 g/mol. The van der Waals surface area contributed by atoms with Crippen LogP contribution in [0.1, 0.15) is 50.5 Å². The molecule has 150 valence electrons. The Morgan fingerprint density at radius 3 is 2.32 bits per heavy atom. The first-order valence-corrected chi connectivity index (χ1v) is 10.1. The van der Waals surface area contributed by atoms with Crippen LogP contribution in [0.3, 0.4) is 0 Å². The van der Waals surface area contributed by atoms with Gasteiger partial charge in [-0.2, -0.15) is 4.39 Å². The van der Waals surface area contributed by atoms with Crippen molar-refractivity contribution in [3.8, 4) is 16.9 Å². The summed E-state index contributed by atoms with van der Waals surface area (Å²) in [5, 5.41) is 0. The minimum atomic E-state index is -0.942. The summed E-state index contributed by atoms with van der Waals surface area (Å²) in [7, 11) is 0. The van der Waals surface area contributed by atoms with Gasteiger partial charge in [0.1, 0.15) is 0 Å². The van der Waals surface area contributed by atoms with E-state index in [1.807, 2.05) is 30.3 Å². The van der Waals surface area contributed by atoms with Crippen LogP contribution in [0, 0.1) is 17.6 Å². The van der Waals surface area contributed by atoms with Crippen molar-refractivity contribution in [2.75, 3.05) is 13.3 Å². The van der Waals surface area contributed by atoms with Crippen LogP contribution < -0.4 is 4.74 Å². The van der Waals surface area contributed by atoms with E-state index in [-0.39, 0.29) is 24.6 Å². The lowest BCUT2D eigenvalue weighted by molar-refractivity contribution is 0.314. The second-order valence-corrected chi connectivity index (χ2v) is 7.31. The zero-order valence-corrected chi connectivity index (χ0v) is 16.3. The predicted molar refractivity (Wildman–Crippen MR) is 107 cm³/mol. The summed E-state index contributed by atoms with van der Waals surface area (Å²) in [6, 6.07) is 10.8. The number of allylic oxidation sites excluding steroid dienone is 2. The summed E-state index contributed by atoms with van der Waals surface area (Å²) < 4.78 is 45.8. The van der Waals surface area contributed by atoms with Crippen LogP contribution in [0.15, 0.2) is 48.6 Å². The molecule has 0 N–H and O–H groups in total. The average Bonchev–Trinajstić information content (AvgIpc) is 2.73. The molecule has 28 heavy (non-hydrogen) atoms. The molecule has 0 atom stereocenters. The molecule has 1 nitrogen and oxygen atoms in total. The van der Waals surface area contributed by atoms with Crippen LogP contribution in [-0.4, -0.2) is 13.3 Å². The lowest BCUT2D eigenvalue weighted by atomic mass is 9.78. The highest BCUT2D eigenvalue weighted by Gasteiger charge is 2.21. The molecule has 0 radical (unpaired) electrons. The van der Waals surface area contributed by atoms with Crippen molar-refractivity contribution in [3.05, 3.63) is 65.7 Å². The van der Waals surface area contributed by atoms with Crippen molar-refractivity contribution in [1.82, 2.24) is 0 Å². The van der Waals surface area contributed by atoms with Crippen LogP contribution in [0.25, 0.3) is 11.1 Å². The Balaban J connectivity index is 1.67. The Morgan fingerprint density at radius 1 is 0.964 bits per heavy atom. The maximum Gasteiger partial charge on any atom is 0.201 e. The monoisotopic (exact) mass is 388 g/mol. The number of alkyl halides is 1. The van der Waals surface area contributed by atoms with Gasteiger partial charge in [-0.15, -0.1) is 0 Å². The SMILES string of the molecule is CCOc1ccc(-c2ccc(C3CCC(/C=C/CCF)CC3)cc2)c(F)c1F. The van der Waals surface area contributed by atoms with Gasteiger partial charge in [0.2, 0.25) is 5.82 Å². The van der Waals surface area contributed by atoms with Gasteiger partial charge < -0.3 is 4.74 Å². The van der Waals surface area contributed by atoms with E-state index in [0.717, 1.165) is 25.7 Å². The van der Waals surface area contributed by atoms with E-state index >= 15 is 0 Å². The lowest BCUT2D eigenvalue weighted by Crippen LogP contribution is -2.11. The second kappa shape index (κ2) is 9.81. The Bertz CT molecular complexity index is 790. The molecule has 1 aliphatic rings. The van der Waals surface area contributed by atoms with E-state index in [1.54, 1.807) is 13.0 Å². The van der Waals surface area contributed by atoms with Crippen molar-refractivity contribution in [2.24, 2.45) is 5.92 Å². The normalized spacial score (nSPS) is 19.9. The van der Waals surface area contributed by atoms with Gasteiger partial charge in [0.15, 0.2) is 11.6 Å². The van der Waals surface area contributed by atoms with Gasteiger partial charge in [-0.25, -0.2) is 4.39 Å². The van der Waals surface area contributed by atoms with Crippen LogP contribution in [0.5, 0.6) is 5.75 Å². The van der Waals surface area contributed by atoms with E-state index in [2.05, 4.69) is 6.08 Å². The van der Waals surface area contributed by atoms with Crippen LogP contribution >= 0.6 is 0 Å². The van der Waals surface area contributed by atoms with Crippen LogP contribution in [-0.2, 0) is 0 Å². The fourth-order valence-electron chi connectivity index (χ4n) is 3.95. The van der Waals surface area contributed by atoms with E-state index in [9.17, 15) is 13.2 Å². The van der Waals surface area contributed by atoms with Gasteiger partial charge in [-0.05, 0) is 74.1 Å². The third-order valence-corrected chi connectivity index (χ3v) is 5.50. The molecule has 0 heterocycles. The van der Waals surface area contributed by atoms with E-state index < -0.39 is 11.6 Å². The summed E-state index contributed by atoms with van der Waals surface area (Å²) in [4.78, 5) is 0. The summed E-state index contributed by atoms with van der Waals surface area (Å²) in [5.41, 5.74) is 2.14. The van der Waals surface area contributed by atoms with E-state index in [1.165, 1.54) is 11.6 Å². The van der Waals surface area contributed by atoms with Gasteiger partial charge in [-0.3, -0.25) is 4.39 Å². The van der Waals surface area contributed by atoms with E-state index in [0.29, 0.717) is 23.8 Å². The highest BCUT2D eigenvalue weighted by Crippen LogP contribution is 2.37. The Hall–Kier alpha value is -2.23. The fraction of sp³-hybridized carbons (Fsp3) is 0.417. The Morgan fingerprint density at radius 2 is 1.68 bits per heavy atom. The van der Waals surface area contributed by atoms with Crippen LogP contribution in [0.2, 0.25) is 0 Å². The smallest absolute Gasteiger partial charge is 0.201 e. The molecule has 0 bridgehead atoms. The first-order valence-electron chi connectivity index (χ1n) is 10.1. The van der Waals surface area contributed by atoms with Crippen molar-refractivity contribution >= 4 is 0 Å². The number of rotatable bonds is 7. The highest BCUT2D eigenvalue weighted by atomic mass is 19.2. The molecule has 2 aromatic carbocycles. The molecule has 1 saturated carbocycles. The Labute approximate surface area is 165 Å². The third kappa shape index (κ3) is 4.78. The van der Waals surface area contributed by atoms with Crippen molar-refractivity contribution in [2.45, 2.75) is 44.9 Å². The molecular formula is C24H27F3O. The minimum Gasteiger partial charge on any atom is -0.491 e. The van der Waals surface area contributed by atoms with Gasteiger partial charge in [-0.1, -0.05) is 36.4 Å². The summed E-state index contributed by atoms with van der Waals surface area (Å²) in [5.74, 6) is -0.843. The standard InChI is InChI=1S/C24H27F3O/c1-2-28-22-15-14-21(23(26)24(22)27)20-12-10-19(11-13-20)18-8-6-17(7-9-18)5-3-4-16-25/h3,5,10-15,17-18H,2,4,6-9,16H2,1H3/b5-3+. The molecule has 0 aromatic heterocycles. The first-order chi connectivity index (χ1) is 13.6. The molecule has 0 saturated heterocycles. The molecule has 4 heteroatoms. The van der Waals surface area contributed by atoms with Crippen molar-refractivity contribution in [3.63, 3.8) is 0 Å². The molecule has 0 unspecified atom stereocenters. The zero-order chi connectivity index (χ0) is 19.9. The molecule has 1 aliphatic carbocycles. The number of hydrogen-bond donors (Lipinski definition) is 0. The maximum absolute atomic E-state index is 14.4. The number of benzene rings is 2. The predicted octanol–water partition coefficient (Wildman–Crippen LogP) is 7.22. The molecule has 1 fully saturated rings. The first kappa shape index (κ1) is 20.5. The van der Waals surface area contributed by atoms with Crippen LogP contribution in [0.4, 0.5) is 13.2 Å². The minimum absolute atomic E-state index is 0.0577. The highest BCUT2D eigenvalue weighted by molar-refractivity contribution is 5.65. The van der Waals surface area contributed by atoms with Gasteiger partial charge in [0.25, 0.3) is 0 Å². The largest absolute Gasteiger partial charge is 0.491 e. The number of halogens is 3. The van der Waals surface area contributed by atoms with Gasteiger partial charge in [0, 0.05) is 5.56 Å². The third-order valence-electron chi connectivity index (χ3n) is 5.50. The quantitative estimate of drug-likeness (QED) is 0.455. The Kier molecular flexibility index (Phi) is 7.18. The van der Waals surface area contributed by atoms with Gasteiger partial charge >= 0.3 is 0 Å². The lowest BCUT2D eigenvalue weighted by Gasteiger charge is -2.27. The summed E-state index contributed by atoms with van der Waals surface area (Å²) in [6.07, 6.45) is 9.00. The van der Waals surface area contributed by atoms with Crippen molar-refractivity contribution in [1.29, 1.82) is 0 Å². The number of hydrogen-bond acceptors (Lipinski definition) is 1. The van der Waals surface area contributed by atoms with Crippen molar-refractivity contribution < 1.29 is 17.9 Å². The molecule has 3 rings (SSSR count). The molecule has 0 aliphatic heterocycles. The maximum atomic E-state index is 14.4. The summed E-state index contributed by atoms with van der Waals surface area (Å²) >= 11 is 0. The van der Waals surface area contributed by atoms with Gasteiger partial charge in [0.05, 0.1) is 13.3 Å². The molecule has 0 amide bonds. The zero-order valence-electron chi connectivity index (χ0n) is 16.3. The molecular weight excluding hydrogens is 361 g/mol. The topological polar surface area (TPSA) is 9.23 Å². The summed E-state index contributed by atoms with van der Waals surface area (Å²) in [6.45, 7) is 1.73. The molecule has 2 aromatic rings. The fourth-order valence-corrected chi connectivity index (χ4v) is 3.95. The second-order valence-electron chi connectivity index (χ2n) is 7.31. The van der Waals surface area contributed by atoms with E-state index in [4.69, 9.17) is 4.74 Å².